The van der Waals surface area contributed by atoms with E-state index in [4.69, 9.17) is 14.3 Å². The standard InChI is InChI=1S/C14H17ClN2O/c1-8(2)12-6-14-10(5-13(12)15)4-11(17-14)7-16-9(3)18/h4-6,8,17H,7H2,1-3H3,(H,16,18)/i7D2. The summed E-state index contributed by atoms with van der Waals surface area (Å²) in [6.45, 7) is 3.45. The lowest BCUT2D eigenvalue weighted by Gasteiger charge is -2.07. The minimum atomic E-state index is -1.94. The number of H-pyrrole nitrogens is 1. The highest BCUT2D eigenvalue weighted by Gasteiger charge is 2.09. The molecule has 96 valence electrons. The van der Waals surface area contributed by atoms with Gasteiger partial charge >= 0.3 is 0 Å². The van der Waals surface area contributed by atoms with Crippen LogP contribution in [0.15, 0.2) is 18.2 Å². The maximum atomic E-state index is 11.1. The number of benzene rings is 1. The van der Waals surface area contributed by atoms with E-state index in [1.165, 1.54) is 6.92 Å². The van der Waals surface area contributed by atoms with Gasteiger partial charge in [0.1, 0.15) is 0 Å². The minimum Gasteiger partial charge on any atom is -0.357 e. The molecule has 1 amide bonds. The maximum Gasteiger partial charge on any atom is 0.217 e. The second-order valence-corrected chi connectivity index (χ2v) is 5.01. The Hall–Kier alpha value is -1.48. The predicted molar refractivity (Wildman–Crippen MR) is 74.9 cm³/mol. The fourth-order valence-corrected chi connectivity index (χ4v) is 2.23. The number of carbonyl (C=O) groups is 1. The Bertz CT molecular complexity index is 664. The van der Waals surface area contributed by atoms with Crippen LogP contribution in [0.2, 0.25) is 5.02 Å². The van der Waals surface area contributed by atoms with Crippen molar-refractivity contribution < 1.29 is 7.54 Å². The minimum absolute atomic E-state index is 0.283. The van der Waals surface area contributed by atoms with Gasteiger partial charge in [0.2, 0.25) is 5.91 Å². The van der Waals surface area contributed by atoms with Crippen molar-refractivity contribution in [3.8, 4) is 0 Å². The van der Waals surface area contributed by atoms with E-state index in [9.17, 15) is 4.79 Å². The average molecular weight is 267 g/mol. The number of hydrogen-bond donors (Lipinski definition) is 2. The molecular weight excluding hydrogens is 248 g/mol. The Kier molecular flexibility index (Phi) is 2.91. The molecule has 2 N–H and O–H groups in total. The number of halogens is 1. The molecule has 0 radical (unpaired) electrons. The average Bonchev–Trinajstić information content (AvgIpc) is 2.69. The van der Waals surface area contributed by atoms with Gasteiger partial charge in [0, 0.05) is 28.5 Å². The van der Waals surface area contributed by atoms with Crippen molar-refractivity contribution in [3.63, 3.8) is 0 Å². The Labute approximate surface area is 114 Å². The number of amides is 1. The van der Waals surface area contributed by atoms with Crippen LogP contribution in [-0.2, 0) is 11.3 Å². The molecule has 0 bridgehead atoms. The van der Waals surface area contributed by atoms with Crippen LogP contribution in [0.1, 0.15) is 40.7 Å². The predicted octanol–water partition coefficient (Wildman–Crippen LogP) is 3.58. The molecule has 1 aromatic carbocycles. The second-order valence-electron chi connectivity index (χ2n) is 4.60. The number of rotatable bonds is 3. The Morgan fingerprint density at radius 1 is 1.50 bits per heavy atom. The highest BCUT2D eigenvalue weighted by Crippen LogP contribution is 2.29. The van der Waals surface area contributed by atoms with Crippen LogP contribution in [0.25, 0.3) is 10.9 Å². The molecule has 0 atom stereocenters. The first-order valence-corrected chi connectivity index (χ1v) is 6.20. The molecule has 0 fully saturated rings. The molecule has 3 nitrogen and oxygen atoms in total. The monoisotopic (exact) mass is 266 g/mol. The molecule has 4 heteroatoms. The van der Waals surface area contributed by atoms with Crippen molar-refractivity contribution in [1.29, 1.82) is 0 Å². The SMILES string of the molecule is [2H]C([2H])(NC(C)=O)c1cc2cc(Cl)c(C(C)C)cc2[nH]1. The van der Waals surface area contributed by atoms with Crippen molar-refractivity contribution in [2.24, 2.45) is 0 Å². The van der Waals surface area contributed by atoms with E-state index in [1.807, 2.05) is 26.0 Å². The first-order chi connectivity index (χ1) is 9.20. The van der Waals surface area contributed by atoms with Gasteiger partial charge in [-0.2, -0.15) is 0 Å². The molecule has 0 aliphatic rings. The molecule has 0 aliphatic carbocycles. The summed E-state index contributed by atoms with van der Waals surface area (Å²) in [6, 6.07) is 5.41. The molecular formula is C14H17ClN2O. The van der Waals surface area contributed by atoms with E-state index in [1.54, 1.807) is 6.07 Å². The quantitative estimate of drug-likeness (QED) is 0.876. The first kappa shape index (κ1) is 10.4. The summed E-state index contributed by atoms with van der Waals surface area (Å²) in [4.78, 5) is 14.1. The number of nitrogens with one attached hydrogen (secondary N) is 2. The normalized spacial score (nSPS) is 13.6. The third-order valence-corrected chi connectivity index (χ3v) is 3.06. The van der Waals surface area contributed by atoms with Crippen LogP contribution in [0.5, 0.6) is 0 Å². The molecule has 2 aromatic rings. The van der Waals surface area contributed by atoms with Crippen LogP contribution in [0.4, 0.5) is 0 Å². The van der Waals surface area contributed by atoms with Crippen LogP contribution in [0, 0.1) is 0 Å². The maximum absolute atomic E-state index is 11.1. The third kappa shape index (κ3) is 2.67. The van der Waals surface area contributed by atoms with Crippen molar-refractivity contribution in [2.45, 2.75) is 33.2 Å². The smallest absolute Gasteiger partial charge is 0.217 e. The lowest BCUT2D eigenvalue weighted by atomic mass is 10.0. The summed E-state index contributed by atoms with van der Waals surface area (Å²) in [7, 11) is 0. The zero-order valence-corrected chi connectivity index (χ0v) is 11.4. The van der Waals surface area contributed by atoms with Crippen molar-refractivity contribution in [2.75, 3.05) is 0 Å². The topological polar surface area (TPSA) is 44.9 Å². The molecule has 0 saturated heterocycles. The van der Waals surface area contributed by atoms with Gasteiger partial charge in [0.15, 0.2) is 0 Å². The van der Waals surface area contributed by atoms with E-state index in [-0.39, 0.29) is 5.92 Å². The van der Waals surface area contributed by atoms with Crippen molar-refractivity contribution >= 4 is 28.4 Å². The lowest BCUT2D eigenvalue weighted by Crippen LogP contribution is -2.18. The van der Waals surface area contributed by atoms with Crippen LogP contribution in [0.3, 0.4) is 0 Å². The van der Waals surface area contributed by atoms with Gasteiger partial charge in [-0.05, 0) is 29.7 Å². The molecule has 1 heterocycles. The Morgan fingerprint density at radius 2 is 2.22 bits per heavy atom. The van der Waals surface area contributed by atoms with E-state index < -0.39 is 12.4 Å². The van der Waals surface area contributed by atoms with Crippen LogP contribution >= 0.6 is 11.6 Å². The lowest BCUT2D eigenvalue weighted by molar-refractivity contribution is -0.119. The van der Waals surface area contributed by atoms with E-state index in [0.717, 1.165) is 16.5 Å². The fraction of sp³-hybridized carbons (Fsp3) is 0.357. The molecule has 0 unspecified atom stereocenters. The summed E-state index contributed by atoms with van der Waals surface area (Å²) in [5, 5.41) is 3.77. The zero-order valence-electron chi connectivity index (χ0n) is 12.6. The van der Waals surface area contributed by atoms with Gasteiger partial charge in [0.25, 0.3) is 0 Å². The number of carbonyl (C=O) groups excluding carboxylic acids is 1. The van der Waals surface area contributed by atoms with Crippen LogP contribution < -0.4 is 5.32 Å². The van der Waals surface area contributed by atoms with Crippen molar-refractivity contribution in [1.82, 2.24) is 10.3 Å². The van der Waals surface area contributed by atoms with E-state index in [2.05, 4.69) is 10.3 Å². The van der Waals surface area contributed by atoms with E-state index in [0.29, 0.717) is 10.7 Å². The summed E-state index contributed by atoms with van der Waals surface area (Å²) in [5.74, 6) is -0.139. The number of fused-ring (bicyclic) bond motifs is 1. The number of aromatic nitrogens is 1. The van der Waals surface area contributed by atoms with Crippen LogP contribution in [-0.4, -0.2) is 10.9 Å². The largest absolute Gasteiger partial charge is 0.357 e. The van der Waals surface area contributed by atoms with Gasteiger partial charge in [-0.15, -0.1) is 0 Å². The molecule has 2 rings (SSSR count). The van der Waals surface area contributed by atoms with Gasteiger partial charge < -0.3 is 10.3 Å². The molecule has 0 aliphatic heterocycles. The van der Waals surface area contributed by atoms with E-state index >= 15 is 0 Å². The summed E-state index contributed by atoms with van der Waals surface area (Å²) in [5.41, 5.74) is 2.12. The number of hydrogen-bond acceptors (Lipinski definition) is 1. The molecule has 1 aromatic heterocycles. The molecule has 0 spiro atoms. The Morgan fingerprint density at radius 3 is 2.83 bits per heavy atom. The summed E-state index contributed by atoms with van der Waals surface area (Å²) >= 11 is 6.23. The number of aromatic amines is 1. The second kappa shape index (κ2) is 5.02. The molecule has 18 heavy (non-hydrogen) atoms. The van der Waals surface area contributed by atoms with Gasteiger partial charge in [-0.25, -0.2) is 0 Å². The summed E-state index contributed by atoms with van der Waals surface area (Å²) < 4.78 is 15.8. The first-order valence-electron chi connectivity index (χ1n) is 6.82. The molecule has 0 saturated carbocycles. The van der Waals surface area contributed by atoms with Gasteiger partial charge in [0.05, 0.1) is 9.24 Å². The van der Waals surface area contributed by atoms with Gasteiger partial charge in [-0.1, -0.05) is 25.4 Å². The highest BCUT2D eigenvalue weighted by atomic mass is 35.5. The Balaban J connectivity index is 2.51. The third-order valence-electron chi connectivity index (χ3n) is 2.73. The summed E-state index contributed by atoms with van der Waals surface area (Å²) in [6.07, 6.45) is 0. The zero-order chi connectivity index (χ0) is 15.1. The highest BCUT2D eigenvalue weighted by molar-refractivity contribution is 6.32. The van der Waals surface area contributed by atoms with Crippen molar-refractivity contribution in [3.05, 3.63) is 34.5 Å². The van der Waals surface area contributed by atoms with Gasteiger partial charge in [-0.3, -0.25) is 4.79 Å². The fourth-order valence-electron chi connectivity index (χ4n) is 1.83.